The summed E-state index contributed by atoms with van der Waals surface area (Å²) >= 11 is 0. The molecule has 0 unspecified atom stereocenters. The molecule has 41 heavy (non-hydrogen) atoms. The number of benzene rings is 4. The van der Waals surface area contributed by atoms with Crippen molar-refractivity contribution in [2.24, 2.45) is 20.4 Å². The number of hydrogen-bond donors (Lipinski definition) is 0. The van der Waals surface area contributed by atoms with Gasteiger partial charge in [0, 0.05) is 11.8 Å². The Morgan fingerprint density at radius 2 is 0.805 bits per heavy atom. The minimum atomic E-state index is -0.423. The Hall–Kier alpha value is -4.53. The van der Waals surface area contributed by atoms with Gasteiger partial charge in [-0.25, -0.2) is 0 Å². The molecule has 8 nitrogen and oxygen atoms in total. The predicted molar refractivity (Wildman–Crippen MR) is 152 cm³/mol. The van der Waals surface area contributed by atoms with Gasteiger partial charge in [-0.05, 0) is 49.9 Å². The van der Waals surface area contributed by atoms with Crippen LogP contribution in [0.2, 0.25) is 0 Å². The number of rotatable bonds is 6. The van der Waals surface area contributed by atoms with Gasteiger partial charge in [-0.1, -0.05) is 120 Å². The molecule has 4 rings (SSSR count). The third-order valence-corrected chi connectivity index (χ3v) is 5.73. The van der Waals surface area contributed by atoms with E-state index in [0.717, 1.165) is 11.1 Å². The second-order valence-corrected chi connectivity index (χ2v) is 8.91. The summed E-state index contributed by atoms with van der Waals surface area (Å²) in [5.74, 6) is -1.11. The molecule has 0 heterocycles. The molecule has 4 aromatic carbocycles. The van der Waals surface area contributed by atoms with Crippen molar-refractivity contribution in [3.8, 4) is 11.5 Å². The van der Waals surface area contributed by atoms with Crippen LogP contribution in [0.1, 0.15) is 47.2 Å². The zero-order valence-corrected chi connectivity index (χ0v) is 24.7. The second-order valence-electron chi connectivity index (χ2n) is 8.91. The van der Waals surface area contributed by atoms with E-state index in [1.807, 2.05) is 38.1 Å². The van der Waals surface area contributed by atoms with Crippen LogP contribution >= 0.6 is 0 Å². The van der Waals surface area contributed by atoms with Crippen LogP contribution in [0.3, 0.4) is 0 Å². The van der Waals surface area contributed by atoms with E-state index in [4.69, 9.17) is 0 Å². The standard InChI is InChI=1S/2C16H16N2O2.Ti/c2*1-11-7-9-13(10-8-11)16(20)18-17-12(2)14-5-3-4-6-15(14)19;/h2*3-10,19H,1-2H3,(H,18,20);/q;;+4/p-4/b2*17-12+;. The third kappa shape index (κ3) is 9.87. The zero-order valence-electron chi connectivity index (χ0n) is 23.2. The van der Waals surface area contributed by atoms with Crippen LogP contribution in [0.25, 0.3) is 0 Å². The van der Waals surface area contributed by atoms with Gasteiger partial charge in [-0.2, -0.15) is 20.4 Å². The maximum Gasteiger partial charge on any atom is 4.00 e. The molecule has 0 amide bonds. The summed E-state index contributed by atoms with van der Waals surface area (Å²) in [6.07, 6.45) is 0. The van der Waals surface area contributed by atoms with Crippen LogP contribution in [0.15, 0.2) is 117 Å². The van der Waals surface area contributed by atoms with Crippen LogP contribution < -0.4 is 20.4 Å². The average Bonchev–Trinajstić information content (AvgIpc) is 2.96. The minimum Gasteiger partial charge on any atom is -0.872 e. The SMILES string of the molecule is C/C(=N\N=C(/[O-])c1ccc(C)cc1)c1ccccc1[O-].C/C(=N\N=C(/[O-])c1ccc(C)cc1)c1ccccc1[O-].[Ti+4]. The Morgan fingerprint density at radius 1 is 0.488 bits per heavy atom. The number of para-hydroxylation sites is 2. The first-order valence-corrected chi connectivity index (χ1v) is 12.4. The first-order valence-electron chi connectivity index (χ1n) is 12.4. The fraction of sp³-hybridized carbons (Fsp3) is 0.125. The number of hydrogen-bond acceptors (Lipinski definition) is 8. The molecule has 0 aliphatic carbocycles. The van der Waals surface area contributed by atoms with Crippen molar-refractivity contribution in [3.63, 3.8) is 0 Å². The van der Waals surface area contributed by atoms with E-state index in [1.165, 1.54) is 12.1 Å². The summed E-state index contributed by atoms with van der Waals surface area (Å²) < 4.78 is 0. The van der Waals surface area contributed by atoms with Crippen molar-refractivity contribution >= 4 is 23.2 Å². The summed E-state index contributed by atoms with van der Waals surface area (Å²) in [6, 6.07) is 27.2. The molecular formula is C32H28N4O4Ti. The Balaban J connectivity index is 0.000000280. The van der Waals surface area contributed by atoms with E-state index in [-0.39, 0.29) is 33.2 Å². The maximum atomic E-state index is 11.8. The van der Waals surface area contributed by atoms with Gasteiger partial charge in [0.1, 0.15) is 0 Å². The van der Waals surface area contributed by atoms with Crippen LogP contribution in [-0.2, 0) is 21.7 Å². The number of nitrogens with zero attached hydrogens (tertiary/aromatic N) is 4. The molecule has 9 heteroatoms. The summed E-state index contributed by atoms with van der Waals surface area (Å²) in [7, 11) is 0. The molecule has 0 saturated heterocycles. The van der Waals surface area contributed by atoms with Crippen molar-refractivity contribution in [3.05, 3.63) is 130 Å². The molecule has 0 aliphatic rings. The Morgan fingerprint density at radius 3 is 1.12 bits per heavy atom. The maximum absolute atomic E-state index is 11.8. The monoisotopic (exact) mass is 580 g/mol. The van der Waals surface area contributed by atoms with Gasteiger partial charge < -0.3 is 20.4 Å². The van der Waals surface area contributed by atoms with E-state index in [1.54, 1.807) is 74.5 Å². The summed E-state index contributed by atoms with van der Waals surface area (Å²) in [4.78, 5) is 0. The predicted octanol–water partition coefficient (Wildman–Crippen LogP) is 3.20. The van der Waals surface area contributed by atoms with E-state index in [9.17, 15) is 20.4 Å². The Labute approximate surface area is 254 Å². The summed E-state index contributed by atoms with van der Waals surface area (Å²) in [5.41, 5.74) is 4.85. The average molecular weight is 580 g/mol. The molecule has 0 radical (unpaired) electrons. The van der Waals surface area contributed by atoms with Gasteiger partial charge in [0.25, 0.3) is 0 Å². The van der Waals surface area contributed by atoms with Gasteiger partial charge in [-0.15, -0.1) is 0 Å². The first kappa shape index (κ1) is 32.7. The van der Waals surface area contributed by atoms with Crippen molar-refractivity contribution in [1.82, 2.24) is 0 Å². The van der Waals surface area contributed by atoms with E-state index < -0.39 is 11.8 Å². The molecule has 204 valence electrons. The molecule has 0 saturated carbocycles. The third-order valence-electron chi connectivity index (χ3n) is 5.73. The molecule has 0 fully saturated rings. The van der Waals surface area contributed by atoms with Crippen molar-refractivity contribution in [2.45, 2.75) is 27.7 Å². The van der Waals surface area contributed by atoms with Crippen molar-refractivity contribution < 1.29 is 42.1 Å². The van der Waals surface area contributed by atoms with Gasteiger partial charge >= 0.3 is 21.7 Å². The minimum absolute atomic E-state index is 0. The first-order chi connectivity index (χ1) is 19.2. The van der Waals surface area contributed by atoms with Crippen LogP contribution in [0.4, 0.5) is 0 Å². The van der Waals surface area contributed by atoms with E-state index in [0.29, 0.717) is 33.7 Å². The van der Waals surface area contributed by atoms with Crippen molar-refractivity contribution in [2.75, 3.05) is 0 Å². The molecule has 4 aromatic rings. The van der Waals surface area contributed by atoms with Gasteiger partial charge in [-0.3, -0.25) is 0 Å². The molecular weight excluding hydrogens is 552 g/mol. The largest absolute Gasteiger partial charge is 4.00 e. The molecule has 0 aliphatic heterocycles. The van der Waals surface area contributed by atoms with Gasteiger partial charge in [0.15, 0.2) is 0 Å². The van der Waals surface area contributed by atoms with Crippen LogP contribution in [0, 0.1) is 13.8 Å². The topological polar surface area (TPSA) is 142 Å². The van der Waals surface area contributed by atoms with Crippen molar-refractivity contribution in [1.29, 1.82) is 0 Å². The zero-order chi connectivity index (χ0) is 29.1. The molecule has 0 spiro atoms. The van der Waals surface area contributed by atoms with Crippen LogP contribution in [-0.4, -0.2) is 23.2 Å². The fourth-order valence-electron chi connectivity index (χ4n) is 3.39. The molecule has 0 aromatic heterocycles. The van der Waals surface area contributed by atoms with Gasteiger partial charge in [0.05, 0.1) is 11.4 Å². The van der Waals surface area contributed by atoms with E-state index >= 15 is 0 Å². The number of aryl methyl sites for hydroxylation is 2. The van der Waals surface area contributed by atoms with Gasteiger partial charge in [0.2, 0.25) is 0 Å². The quantitative estimate of drug-likeness (QED) is 0.149. The Kier molecular flexibility index (Phi) is 12.7. The smallest absolute Gasteiger partial charge is 0.872 e. The second kappa shape index (κ2) is 15.9. The summed E-state index contributed by atoms with van der Waals surface area (Å²) in [6.45, 7) is 7.20. The fourth-order valence-corrected chi connectivity index (χ4v) is 3.39. The van der Waals surface area contributed by atoms with Crippen LogP contribution in [0.5, 0.6) is 11.5 Å². The molecule has 0 atom stereocenters. The normalized spacial score (nSPS) is 12.2. The molecule has 0 bridgehead atoms. The Bertz CT molecular complexity index is 1440. The summed E-state index contributed by atoms with van der Waals surface area (Å²) in [5, 5.41) is 61.9. The van der Waals surface area contributed by atoms with E-state index in [2.05, 4.69) is 20.4 Å². The molecule has 0 N–H and O–H groups in total.